The summed E-state index contributed by atoms with van der Waals surface area (Å²) in [5.41, 5.74) is 8.81. The monoisotopic (exact) mass is 348 g/mol. The van der Waals surface area contributed by atoms with Crippen molar-refractivity contribution in [3.63, 3.8) is 0 Å². The third kappa shape index (κ3) is 6.50. The average molecular weight is 349 g/mol. The maximum absolute atomic E-state index is 11.9. The first-order valence-electron chi connectivity index (χ1n) is 7.88. The highest BCUT2D eigenvalue weighted by atomic mass is 35.5. The molecule has 2 rings (SSSR count). The van der Waals surface area contributed by atoms with Crippen molar-refractivity contribution in [1.29, 1.82) is 0 Å². The Morgan fingerprint density at radius 2 is 1.83 bits per heavy atom. The van der Waals surface area contributed by atoms with Crippen molar-refractivity contribution in [3.8, 4) is 5.75 Å². The van der Waals surface area contributed by atoms with Gasteiger partial charge in [-0.1, -0.05) is 35.9 Å². The second-order valence-corrected chi connectivity index (χ2v) is 5.74. The molecule has 4 nitrogen and oxygen atoms in total. The molecule has 0 aromatic heterocycles. The number of ether oxygens (including phenoxy) is 1. The Morgan fingerprint density at radius 3 is 2.50 bits per heavy atom. The molecule has 0 spiro atoms. The number of nitrogens with two attached hydrogens (primary N) is 1. The van der Waals surface area contributed by atoms with Gasteiger partial charge in [0.2, 0.25) is 5.91 Å². The number of aryl methyl sites for hydroxylation is 2. The Labute approximate surface area is 149 Å². The number of hydrogen-bond acceptors (Lipinski definition) is 3. The van der Waals surface area contributed by atoms with Crippen LogP contribution in [-0.2, 0) is 11.2 Å². The van der Waals surface area contributed by atoms with Crippen LogP contribution in [0.1, 0.15) is 24.5 Å². The van der Waals surface area contributed by atoms with Gasteiger partial charge in [-0.15, -0.1) is 12.4 Å². The summed E-state index contributed by atoms with van der Waals surface area (Å²) in [4.78, 5) is 11.9. The molecule has 0 aliphatic heterocycles. The number of para-hydroxylation sites is 1. The lowest BCUT2D eigenvalue weighted by atomic mass is 10.1. The molecule has 1 amide bonds. The maximum Gasteiger partial charge on any atom is 0.220 e. The Kier molecular flexibility index (Phi) is 8.13. The van der Waals surface area contributed by atoms with E-state index in [1.54, 1.807) is 0 Å². The molecule has 1 unspecified atom stereocenters. The molecule has 0 fully saturated rings. The van der Waals surface area contributed by atoms with Crippen LogP contribution in [0.25, 0.3) is 0 Å². The summed E-state index contributed by atoms with van der Waals surface area (Å²) in [6.07, 6.45) is 0.987. The number of rotatable bonds is 7. The van der Waals surface area contributed by atoms with Gasteiger partial charge >= 0.3 is 0 Å². The van der Waals surface area contributed by atoms with E-state index in [4.69, 9.17) is 10.5 Å². The van der Waals surface area contributed by atoms with Gasteiger partial charge in [-0.2, -0.15) is 0 Å². The summed E-state index contributed by atoms with van der Waals surface area (Å²) in [6, 6.07) is 15.5. The predicted molar refractivity (Wildman–Crippen MR) is 101 cm³/mol. The number of halogens is 1. The third-order valence-corrected chi connectivity index (χ3v) is 3.62. The van der Waals surface area contributed by atoms with E-state index in [0.717, 1.165) is 17.0 Å². The SMILES string of the molecule is Cc1ccc(OC(C)CNC(=O)CCc2ccccc2N)cc1.Cl. The molecular formula is C19H25ClN2O2. The van der Waals surface area contributed by atoms with Crippen LogP contribution in [0, 0.1) is 6.92 Å². The van der Waals surface area contributed by atoms with Crippen LogP contribution in [-0.4, -0.2) is 18.6 Å². The van der Waals surface area contributed by atoms with E-state index in [2.05, 4.69) is 5.32 Å². The highest BCUT2D eigenvalue weighted by Gasteiger charge is 2.08. The Morgan fingerprint density at radius 1 is 1.17 bits per heavy atom. The topological polar surface area (TPSA) is 64.3 Å². The molecule has 24 heavy (non-hydrogen) atoms. The van der Waals surface area contributed by atoms with Crippen LogP contribution in [0.3, 0.4) is 0 Å². The zero-order valence-corrected chi connectivity index (χ0v) is 14.9. The molecule has 5 heteroatoms. The number of benzene rings is 2. The van der Waals surface area contributed by atoms with Crippen LogP contribution in [0.15, 0.2) is 48.5 Å². The van der Waals surface area contributed by atoms with Gasteiger partial charge in [0.15, 0.2) is 0 Å². The summed E-state index contributed by atoms with van der Waals surface area (Å²) < 4.78 is 5.77. The summed E-state index contributed by atoms with van der Waals surface area (Å²) in [5.74, 6) is 0.821. The summed E-state index contributed by atoms with van der Waals surface area (Å²) in [5, 5.41) is 2.90. The molecule has 0 saturated heterocycles. The number of carbonyl (C=O) groups is 1. The predicted octanol–water partition coefficient (Wildman–Crippen LogP) is 3.52. The Hall–Kier alpha value is -2.20. The lowest BCUT2D eigenvalue weighted by molar-refractivity contribution is -0.121. The first kappa shape index (κ1) is 19.8. The first-order valence-corrected chi connectivity index (χ1v) is 7.88. The third-order valence-electron chi connectivity index (χ3n) is 3.62. The van der Waals surface area contributed by atoms with Gasteiger partial charge in [0.25, 0.3) is 0 Å². The van der Waals surface area contributed by atoms with E-state index in [1.165, 1.54) is 5.56 Å². The van der Waals surface area contributed by atoms with Gasteiger partial charge in [-0.25, -0.2) is 0 Å². The smallest absolute Gasteiger partial charge is 0.220 e. The molecule has 0 radical (unpaired) electrons. The van der Waals surface area contributed by atoms with Crippen molar-refractivity contribution >= 4 is 24.0 Å². The Bertz CT molecular complexity index is 644. The largest absolute Gasteiger partial charge is 0.489 e. The fourth-order valence-electron chi connectivity index (χ4n) is 2.25. The van der Waals surface area contributed by atoms with Crippen LogP contribution in [0.4, 0.5) is 5.69 Å². The second kappa shape index (κ2) is 9.83. The molecule has 130 valence electrons. The van der Waals surface area contributed by atoms with E-state index < -0.39 is 0 Å². The summed E-state index contributed by atoms with van der Waals surface area (Å²) >= 11 is 0. The highest BCUT2D eigenvalue weighted by molar-refractivity contribution is 5.85. The summed E-state index contributed by atoms with van der Waals surface area (Å²) in [7, 11) is 0. The van der Waals surface area contributed by atoms with Gasteiger partial charge in [-0.05, 0) is 44.0 Å². The van der Waals surface area contributed by atoms with Crippen molar-refractivity contribution in [3.05, 3.63) is 59.7 Å². The van der Waals surface area contributed by atoms with Gasteiger partial charge < -0.3 is 15.8 Å². The average Bonchev–Trinajstić information content (AvgIpc) is 2.54. The maximum atomic E-state index is 11.9. The van der Waals surface area contributed by atoms with Gasteiger partial charge in [0.05, 0.1) is 6.54 Å². The van der Waals surface area contributed by atoms with E-state index in [-0.39, 0.29) is 24.4 Å². The number of carbonyl (C=O) groups excluding carboxylic acids is 1. The lowest BCUT2D eigenvalue weighted by Crippen LogP contribution is -2.33. The molecule has 0 heterocycles. The number of anilines is 1. The van der Waals surface area contributed by atoms with Crippen LogP contribution >= 0.6 is 12.4 Å². The number of amides is 1. The van der Waals surface area contributed by atoms with Gasteiger partial charge in [-0.3, -0.25) is 4.79 Å². The minimum atomic E-state index is -0.0801. The van der Waals surface area contributed by atoms with E-state index >= 15 is 0 Å². The van der Waals surface area contributed by atoms with Crippen molar-refractivity contribution in [1.82, 2.24) is 5.32 Å². The molecule has 0 saturated carbocycles. The molecule has 0 bridgehead atoms. The lowest BCUT2D eigenvalue weighted by Gasteiger charge is -2.15. The molecule has 2 aromatic carbocycles. The molecule has 2 aromatic rings. The van der Waals surface area contributed by atoms with Gasteiger partial charge in [0, 0.05) is 12.1 Å². The standard InChI is InChI=1S/C19H24N2O2.ClH/c1-14-7-10-17(11-8-14)23-15(2)13-21-19(22)12-9-16-5-3-4-6-18(16)20;/h3-8,10-11,15H,9,12-13,20H2,1-2H3,(H,21,22);1H. The zero-order chi connectivity index (χ0) is 16.7. The normalized spacial score (nSPS) is 11.2. The zero-order valence-electron chi connectivity index (χ0n) is 14.1. The van der Waals surface area contributed by atoms with Crippen molar-refractivity contribution < 1.29 is 9.53 Å². The first-order chi connectivity index (χ1) is 11.0. The van der Waals surface area contributed by atoms with Gasteiger partial charge in [0.1, 0.15) is 11.9 Å². The van der Waals surface area contributed by atoms with E-state index in [0.29, 0.717) is 19.4 Å². The Balaban J connectivity index is 0.00000288. The van der Waals surface area contributed by atoms with E-state index in [9.17, 15) is 4.79 Å². The van der Waals surface area contributed by atoms with Crippen molar-refractivity contribution in [2.45, 2.75) is 32.8 Å². The second-order valence-electron chi connectivity index (χ2n) is 5.74. The minimum absolute atomic E-state index is 0. The fourth-order valence-corrected chi connectivity index (χ4v) is 2.25. The molecular weight excluding hydrogens is 324 g/mol. The van der Waals surface area contributed by atoms with Crippen LogP contribution in [0.2, 0.25) is 0 Å². The molecule has 0 aliphatic carbocycles. The van der Waals surface area contributed by atoms with Crippen LogP contribution < -0.4 is 15.8 Å². The number of hydrogen-bond donors (Lipinski definition) is 2. The molecule has 3 N–H and O–H groups in total. The van der Waals surface area contributed by atoms with Crippen LogP contribution in [0.5, 0.6) is 5.75 Å². The molecule has 1 atom stereocenters. The highest BCUT2D eigenvalue weighted by Crippen LogP contribution is 2.14. The van der Waals surface area contributed by atoms with E-state index in [1.807, 2.05) is 62.4 Å². The van der Waals surface area contributed by atoms with Crippen molar-refractivity contribution in [2.75, 3.05) is 12.3 Å². The number of nitrogen functional groups attached to an aromatic ring is 1. The van der Waals surface area contributed by atoms with Crippen molar-refractivity contribution in [2.24, 2.45) is 0 Å². The molecule has 0 aliphatic rings. The summed E-state index contributed by atoms with van der Waals surface area (Å²) in [6.45, 7) is 4.46. The quantitative estimate of drug-likeness (QED) is 0.752. The minimum Gasteiger partial charge on any atom is -0.489 e. The fraction of sp³-hybridized carbons (Fsp3) is 0.316. The number of nitrogens with one attached hydrogen (secondary N) is 1.